The molecular formula is C29H32Cl2N2O3S. The van der Waals surface area contributed by atoms with E-state index in [0.29, 0.717) is 53.0 Å². The Bertz CT molecular complexity index is 1330. The zero-order valence-corrected chi connectivity index (χ0v) is 23.5. The summed E-state index contributed by atoms with van der Waals surface area (Å²) in [4.78, 5) is 17.4. The van der Waals surface area contributed by atoms with Crippen molar-refractivity contribution in [3.63, 3.8) is 0 Å². The van der Waals surface area contributed by atoms with Gasteiger partial charge in [-0.15, -0.1) is 0 Å². The number of Topliss-reactive ketones (excluding diaryl/α,β-unsaturated/α-hetero) is 1. The molecule has 3 aromatic rings. The second kappa shape index (κ2) is 12.0. The molecule has 8 heteroatoms. The number of hydrogen-bond donors (Lipinski definition) is 0. The second-order valence-corrected chi connectivity index (χ2v) is 12.4. The molecule has 0 aliphatic carbocycles. The van der Waals surface area contributed by atoms with Gasteiger partial charge in [-0.3, -0.25) is 9.69 Å². The maximum absolute atomic E-state index is 13.3. The number of anilines is 1. The molecular weight excluding hydrogens is 527 g/mol. The molecule has 1 heterocycles. The summed E-state index contributed by atoms with van der Waals surface area (Å²) in [6.45, 7) is 7.51. The van der Waals surface area contributed by atoms with Gasteiger partial charge in [-0.05, 0) is 93.9 Å². The van der Waals surface area contributed by atoms with Crippen molar-refractivity contribution in [2.45, 2.75) is 36.8 Å². The van der Waals surface area contributed by atoms with Gasteiger partial charge < -0.3 is 4.90 Å². The van der Waals surface area contributed by atoms with Crippen molar-refractivity contribution in [3.05, 3.63) is 82.3 Å². The molecule has 0 aromatic heterocycles. The minimum Gasteiger partial charge on any atom is -0.372 e. The number of carbonyl (C=O) groups is 1. The number of likely N-dealkylation sites (tertiary alicyclic amines) is 1. The normalized spacial score (nSPS) is 15.0. The van der Waals surface area contributed by atoms with Gasteiger partial charge >= 0.3 is 0 Å². The van der Waals surface area contributed by atoms with E-state index in [2.05, 4.69) is 23.6 Å². The van der Waals surface area contributed by atoms with Crippen LogP contribution < -0.4 is 4.90 Å². The zero-order valence-electron chi connectivity index (χ0n) is 21.2. The average Bonchev–Trinajstić information content (AvgIpc) is 2.90. The molecule has 3 aromatic carbocycles. The molecule has 196 valence electrons. The predicted octanol–water partition coefficient (Wildman–Crippen LogP) is 6.63. The smallest absolute Gasteiger partial charge is 0.181 e. The van der Waals surface area contributed by atoms with Crippen LogP contribution in [0.1, 0.15) is 37.0 Å². The van der Waals surface area contributed by atoms with Gasteiger partial charge in [0, 0.05) is 39.9 Å². The Morgan fingerprint density at radius 2 is 1.54 bits per heavy atom. The number of carbonyl (C=O) groups excluding carboxylic acids is 1. The molecule has 1 fully saturated rings. The van der Waals surface area contributed by atoms with Crippen LogP contribution >= 0.6 is 23.2 Å². The third-order valence-electron chi connectivity index (χ3n) is 7.08. The summed E-state index contributed by atoms with van der Waals surface area (Å²) in [5, 5.41) is 0.608. The van der Waals surface area contributed by atoms with Crippen LogP contribution in [0, 0.1) is 0 Å². The molecule has 0 atom stereocenters. The standard InChI is InChI=1S/C29H32Cl2N2O3S/c1-3-33(4-2)24-10-5-22(6-11-24)29(34)20-32-17-15-26(16-18-32)37(35,36)25-12-7-21(8-13-25)27-14-9-23(30)19-28(27)31/h5-14,19,26H,3-4,15-18,20H2,1-2H3. The Hall–Kier alpha value is -2.38. The fourth-order valence-corrected chi connectivity index (χ4v) is 7.11. The third kappa shape index (κ3) is 6.37. The van der Waals surface area contributed by atoms with E-state index >= 15 is 0 Å². The average molecular weight is 560 g/mol. The van der Waals surface area contributed by atoms with Crippen molar-refractivity contribution >= 4 is 44.5 Å². The number of ketones is 1. The molecule has 0 bridgehead atoms. The Labute approximate surface area is 229 Å². The molecule has 0 N–H and O–H groups in total. The van der Waals surface area contributed by atoms with Crippen molar-refractivity contribution < 1.29 is 13.2 Å². The van der Waals surface area contributed by atoms with Crippen LogP contribution in [0.2, 0.25) is 10.0 Å². The van der Waals surface area contributed by atoms with Crippen LogP contribution in [-0.2, 0) is 9.84 Å². The van der Waals surface area contributed by atoms with E-state index < -0.39 is 15.1 Å². The summed E-state index contributed by atoms with van der Waals surface area (Å²) in [5.74, 6) is 0.0591. The van der Waals surface area contributed by atoms with Crippen LogP contribution in [0.15, 0.2) is 71.6 Å². The number of piperidine rings is 1. The molecule has 37 heavy (non-hydrogen) atoms. The van der Waals surface area contributed by atoms with Gasteiger partial charge in [0.2, 0.25) is 0 Å². The van der Waals surface area contributed by atoms with Gasteiger partial charge in [0.05, 0.1) is 16.7 Å². The summed E-state index contributed by atoms with van der Waals surface area (Å²) < 4.78 is 26.6. The topological polar surface area (TPSA) is 57.7 Å². The lowest BCUT2D eigenvalue weighted by atomic mass is 10.1. The van der Waals surface area contributed by atoms with Crippen molar-refractivity contribution in [3.8, 4) is 11.1 Å². The van der Waals surface area contributed by atoms with E-state index in [1.807, 2.05) is 30.3 Å². The lowest BCUT2D eigenvalue weighted by Gasteiger charge is -2.31. The van der Waals surface area contributed by atoms with Crippen molar-refractivity contribution in [2.24, 2.45) is 0 Å². The first-order valence-corrected chi connectivity index (χ1v) is 14.9. The summed E-state index contributed by atoms with van der Waals surface area (Å²) in [5.41, 5.74) is 3.43. The number of benzene rings is 3. The largest absolute Gasteiger partial charge is 0.372 e. The molecule has 5 nitrogen and oxygen atoms in total. The van der Waals surface area contributed by atoms with E-state index in [0.717, 1.165) is 29.9 Å². The van der Waals surface area contributed by atoms with E-state index in [-0.39, 0.29) is 5.78 Å². The minimum absolute atomic E-state index is 0.0591. The van der Waals surface area contributed by atoms with Gasteiger partial charge in [0.25, 0.3) is 0 Å². The third-order valence-corrected chi connectivity index (χ3v) is 9.91. The van der Waals surface area contributed by atoms with Crippen LogP contribution in [0.5, 0.6) is 0 Å². The maximum Gasteiger partial charge on any atom is 0.181 e. The van der Waals surface area contributed by atoms with Crippen LogP contribution in [0.3, 0.4) is 0 Å². The highest BCUT2D eigenvalue weighted by molar-refractivity contribution is 7.92. The molecule has 0 amide bonds. The molecule has 0 radical (unpaired) electrons. The molecule has 0 saturated carbocycles. The van der Waals surface area contributed by atoms with E-state index in [9.17, 15) is 13.2 Å². The number of rotatable bonds is 9. The summed E-state index contributed by atoms with van der Waals surface area (Å²) in [6.07, 6.45) is 1.00. The minimum atomic E-state index is -3.47. The fourth-order valence-electron chi connectivity index (χ4n) is 4.86. The van der Waals surface area contributed by atoms with Crippen LogP contribution in [0.25, 0.3) is 11.1 Å². The number of halogens is 2. The maximum atomic E-state index is 13.3. The van der Waals surface area contributed by atoms with Gasteiger partial charge in [-0.1, -0.05) is 41.4 Å². The zero-order chi connectivity index (χ0) is 26.6. The Kier molecular flexibility index (Phi) is 8.96. The van der Waals surface area contributed by atoms with Crippen molar-refractivity contribution in [1.29, 1.82) is 0 Å². The first kappa shape index (κ1) is 27.6. The molecule has 1 aliphatic rings. The molecule has 0 unspecified atom stereocenters. The van der Waals surface area contributed by atoms with Crippen LogP contribution in [-0.4, -0.2) is 57.1 Å². The van der Waals surface area contributed by atoms with E-state index in [1.54, 1.807) is 36.4 Å². The summed E-state index contributed by atoms with van der Waals surface area (Å²) >= 11 is 12.3. The SMILES string of the molecule is CCN(CC)c1ccc(C(=O)CN2CCC(S(=O)(=O)c3ccc(-c4ccc(Cl)cc4Cl)cc3)CC2)cc1. The molecule has 0 spiro atoms. The van der Waals surface area contributed by atoms with Crippen LogP contribution in [0.4, 0.5) is 5.69 Å². The second-order valence-electron chi connectivity index (χ2n) is 9.31. The highest BCUT2D eigenvalue weighted by Crippen LogP contribution is 2.32. The monoisotopic (exact) mass is 558 g/mol. The number of sulfone groups is 1. The van der Waals surface area contributed by atoms with Gasteiger partial charge in [-0.2, -0.15) is 0 Å². The lowest BCUT2D eigenvalue weighted by molar-refractivity contribution is 0.0916. The summed E-state index contributed by atoms with van der Waals surface area (Å²) in [7, 11) is -3.47. The Morgan fingerprint density at radius 1 is 0.919 bits per heavy atom. The van der Waals surface area contributed by atoms with Crippen molar-refractivity contribution in [2.75, 3.05) is 37.6 Å². The highest BCUT2D eigenvalue weighted by atomic mass is 35.5. The summed E-state index contributed by atoms with van der Waals surface area (Å²) in [6, 6.07) is 19.8. The molecule has 4 rings (SSSR count). The molecule has 1 aliphatic heterocycles. The first-order valence-electron chi connectivity index (χ1n) is 12.6. The van der Waals surface area contributed by atoms with Gasteiger partial charge in [0.1, 0.15) is 0 Å². The predicted molar refractivity (Wildman–Crippen MR) is 153 cm³/mol. The first-order chi connectivity index (χ1) is 17.7. The number of hydrogen-bond acceptors (Lipinski definition) is 5. The Balaban J connectivity index is 1.35. The fraction of sp³-hybridized carbons (Fsp3) is 0.345. The number of nitrogens with zero attached hydrogens (tertiary/aromatic N) is 2. The van der Waals surface area contributed by atoms with E-state index in [1.165, 1.54) is 0 Å². The van der Waals surface area contributed by atoms with Crippen molar-refractivity contribution in [1.82, 2.24) is 4.90 Å². The van der Waals surface area contributed by atoms with Gasteiger partial charge in [0.15, 0.2) is 15.6 Å². The lowest BCUT2D eigenvalue weighted by Crippen LogP contribution is -2.41. The highest BCUT2D eigenvalue weighted by Gasteiger charge is 2.32. The molecule has 1 saturated heterocycles. The Morgan fingerprint density at radius 3 is 2.11 bits per heavy atom. The van der Waals surface area contributed by atoms with Gasteiger partial charge in [-0.25, -0.2) is 8.42 Å². The van der Waals surface area contributed by atoms with E-state index in [4.69, 9.17) is 23.2 Å². The quantitative estimate of drug-likeness (QED) is 0.276.